The number of halogens is 1. The lowest BCUT2D eigenvalue weighted by molar-refractivity contribution is 0.612. The van der Waals surface area contributed by atoms with Crippen LogP contribution in [0.4, 0.5) is 10.1 Å². The zero-order chi connectivity index (χ0) is 17.6. The van der Waals surface area contributed by atoms with Crippen molar-refractivity contribution in [1.29, 1.82) is 0 Å². The maximum Gasteiger partial charge on any atom is 0.128 e. The van der Waals surface area contributed by atoms with Crippen LogP contribution in [-0.4, -0.2) is 6.54 Å². The number of allylic oxidation sites excluding steroid dienone is 3. The molecule has 1 aliphatic rings. The first-order valence-electron chi connectivity index (χ1n) is 8.87. The van der Waals surface area contributed by atoms with Gasteiger partial charge in [-0.25, -0.2) is 4.39 Å². The Labute approximate surface area is 149 Å². The highest BCUT2D eigenvalue weighted by Crippen LogP contribution is 2.27. The molecule has 0 radical (unpaired) electrons. The second-order valence-corrected chi connectivity index (χ2v) is 6.43. The number of rotatable bonds is 3. The molecule has 130 valence electrons. The van der Waals surface area contributed by atoms with Gasteiger partial charge in [0.05, 0.1) is 0 Å². The van der Waals surface area contributed by atoms with E-state index >= 15 is 0 Å². The summed E-state index contributed by atoms with van der Waals surface area (Å²) in [6.07, 6.45) is 4.66. The van der Waals surface area contributed by atoms with Crippen molar-refractivity contribution in [3.63, 3.8) is 0 Å². The Balaban J connectivity index is 1.95. The number of hydrogen-bond acceptors (Lipinski definition) is 2. The molecule has 2 N–H and O–H groups in total. The summed E-state index contributed by atoms with van der Waals surface area (Å²) >= 11 is 0. The van der Waals surface area contributed by atoms with Crippen LogP contribution in [0, 0.1) is 5.82 Å². The summed E-state index contributed by atoms with van der Waals surface area (Å²) in [5.41, 5.74) is 6.20. The molecule has 0 aliphatic carbocycles. The summed E-state index contributed by atoms with van der Waals surface area (Å²) in [7, 11) is 0. The van der Waals surface area contributed by atoms with Crippen molar-refractivity contribution < 1.29 is 4.39 Å². The fourth-order valence-electron chi connectivity index (χ4n) is 3.20. The third-order valence-electron chi connectivity index (χ3n) is 4.69. The third kappa shape index (κ3) is 4.11. The summed E-state index contributed by atoms with van der Waals surface area (Å²) in [6, 6.07) is 15.5. The van der Waals surface area contributed by atoms with Gasteiger partial charge in [-0.05, 0) is 44.4 Å². The average molecular weight is 336 g/mol. The molecule has 1 aliphatic heterocycles. The molecule has 0 saturated carbocycles. The van der Waals surface area contributed by atoms with Crippen molar-refractivity contribution in [2.45, 2.75) is 33.1 Å². The van der Waals surface area contributed by atoms with Gasteiger partial charge in [-0.15, -0.1) is 0 Å². The van der Waals surface area contributed by atoms with Gasteiger partial charge in [-0.3, -0.25) is 0 Å². The summed E-state index contributed by atoms with van der Waals surface area (Å²) in [5.74, 6) is -0.152. The molecule has 2 aromatic carbocycles. The smallest absolute Gasteiger partial charge is 0.128 e. The zero-order valence-corrected chi connectivity index (χ0v) is 14.9. The average Bonchev–Trinajstić information content (AvgIpc) is 2.71. The van der Waals surface area contributed by atoms with Crippen LogP contribution in [0.3, 0.4) is 0 Å². The molecule has 0 bridgehead atoms. The molecule has 0 amide bonds. The molecule has 0 unspecified atom stereocenters. The zero-order valence-electron chi connectivity index (χ0n) is 14.9. The molecule has 0 aromatic heterocycles. The number of hydrogen-bond donors (Lipinski definition) is 2. The Morgan fingerprint density at radius 2 is 1.92 bits per heavy atom. The van der Waals surface area contributed by atoms with Gasteiger partial charge >= 0.3 is 0 Å². The molecule has 0 fully saturated rings. The molecule has 1 heterocycles. The van der Waals surface area contributed by atoms with Crippen LogP contribution in [0.5, 0.6) is 0 Å². The van der Waals surface area contributed by atoms with Crippen LogP contribution in [0.25, 0.3) is 5.70 Å². The number of fused-ring (bicyclic) bond motifs is 1. The van der Waals surface area contributed by atoms with E-state index in [-0.39, 0.29) is 5.82 Å². The Kier molecular flexibility index (Phi) is 5.54. The molecule has 2 aromatic rings. The van der Waals surface area contributed by atoms with Crippen LogP contribution in [0.15, 0.2) is 65.9 Å². The normalized spacial score (nSPS) is 18.4. The lowest BCUT2D eigenvalue weighted by atomic mass is 10.0. The number of nitrogens with one attached hydrogen (secondary N) is 2. The Morgan fingerprint density at radius 1 is 1.12 bits per heavy atom. The van der Waals surface area contributed by atoms with Crippen LogP contribution in [0.1, 0.15) is 37.8 Å². The van der Waals surface area contributed by atoms with E-state index in [9.17, 15) is 4.39 Å². The molecular formula is C22H25FN2. The maximum atomic E-state index is 14.5. The maximum absolute atomic E-state index is 14.5. The molecular weight excluding hydrogens is 311 g/mol. The van der Waals surface area contributed by atoms with E-state index in [4.69, 9.17) is 0 Å². The van der Waals surface area contributed by atoms with Crippen LogP contribution >= 0.6 is 0 Å². The summed E-state index contributed by atoms with van der Waals surface area (Å²) in [5, 5.41) is 6.96. The topological polar surface area (TPSA) is 24.1 Å². The van der Waals surface area contributed by atoms with E-state index in [1.165, 1.54) is 5.57 Å². The van der Waals surface area contributed by atoms with Gasteiger partial charge in [0, 0.05) is 35.6 Å². The fourth-order valence-corrected chi connectivity index (χ4v) is 3.20. The first kappa shape index (κ1) is 17.3. The third-order valence-corrected chi connectivity index (χ3v) is 4.69. The molecule has 0 spiro atoms. The Morgan fingerprint density at radius 3 is 2.68 bits per heavy atom. The van der Waals surface area contributed by atoms with Crippen molar-refractivity contribution in [2.75, 3.05) is 11.9 Å². The molecule has 25 heavy (non-hydrogen) atoms. The first-order chi connectivity index (χ1) is 12.2. The van der Waals surface area contributed by atoms with Crippen LogP contribution in [-0.2, 0) is 6.42 Å². The van der Waals surface area contributed by atoms with E-state index in [0.717, 1.165) is 47.6 Å². The lowest BCUT2D eigenvalue weighted by Crippen LogP contribution is -2.16. The summed E-state index contributed by atoms with van der Waals surface area (Å²) in [4.78, 5) is 0. The lowest BCUT2D eigenvalue weighted by Gasteiger charge is -2.19. The molecule has 0 saturated heterocycles. The van der Waals surface area contributed by atoms with Gasteiger partial charge in [0.2, 0.25) is 0 Å². The van der Waals surface area contributed by atoms with E-state index in [0.29, 0.717) is 6.42 Å². The van der Waals surface area contributed by atoms with Gasteiger partial charge in [-0.2, -0.15) is 0 Å². The van der Waals surface area contributed by atoms with E-state index < -0.39 is 0 Å². The highest BCUT2D eigenvalue weighted by atomic mass is 19.1. The quantitative estimate of drug-likeness (QED) is 0.773. The predicted molar refractivity (Wildman–Crippen MR) is 104 cm³/mol. The van der Waals surface area contributed by atoms with Crippen LogP contribution in [0.2, 0.25) is 0 Å². The molecule has 3 heteroatoms. The minimum absolute atomic E-state index is 0.152. The minimum Gasteiger partial charge on any atom is -0.385 e. The monoisotopic (exact) mass is 336 g/mol. The minimum atomic E-state index is -0.152. The second-order valence-electron chi connectivity index (χ2n) is 6.43. The molecule has 0 atom stereocenters. The van der Waals surface area contributed by atoms with Crippen molar-refractivity contribution in [1.82, 2.24) is 5.32 Å². The molecule has 2 nitrogen and oxygen atoms in total. The van der Waals surface area contributed by atoms with E-state index in [1.54, 1.807) is 12.1 Å². The Hall–Kier alpha value is -2.55. The van der Waals surface area contributed by atoms with Crippen LogP contribution < -0.4 is 10.6 Å². The largest absolute Gasteiger partial charge is 0.385 e. The second kappa shape index (κ2) is 8.02. The van der Waals surface area contributed by atoms with Gasteiger partial charge in [0.1, 0.15) is 5.82 Å². The predicted octanol–water partition coefficient (Wildman–Crippen LogP) is 5.50. The van der Waals surface area contributed by atoms with Gasteiger partial charge in [0.25, 0.3) is 0 Å². The van der Waals surface area contributed by atoms with Gasteiger partial charge in [0.15, 0.2) is 0 Å². The van der Waals surface area contributed by atoms with Gasteiger partial charge < -0.3 is 10.6 Å². The standard InChI is InChI=1S/C22H25FN2/c1-3-20(17-10-5-4-6-11-17)25-22-15-18-19(23)12-7-13-21(18)24-14-8-9-16(22)2/h3-7,10-13,24-25H,8-9,14-15H2,1-2H3/b20-3-,22-16+. The molecule has 3 rings (SSSR count). The van der Waals surface area contributed by atoms with Crippen molar-refractivity contribution in [3.8, 4) is 0 Å². The SMILES string of the molecule is C/C=C(\N/C1=C(\C)CCCNc2cccc(F)c2C1)c1ccccc1. The highest BCUT2D eigenvalue weighted by Gasteiger charge is 2.15. The first-order valence-corrected chi connectivity index (χ1v) is 8.87. The summed E-state index contributed by atoms with van der Waals surface area (Å²) in [6.45, 7) is 5.03. The Bertz CT molecular complexity index is 791. The van der Waals surface area contributed by atoms with Crippen molar-refractivity contribution in [2.24, 2.45) is 0 Å². The fraction of sp³-hybridized carbons (Fsp3) is 0.273. The van der Waals surface area contributed by atoms with Gasteiger partial charge in [-0.1, -0.05) is 48.0 Å². The number of anilines is 1. The van der Waals surface area contributed by atoms with E-state index in [2.05, 4.69) is 35.8 Å². The highest BCUT2D eigenvalue weighted by molar-refractivity contribution is 5.65. The van der Waals surface area contributed by atoms with E-state index in [1.807, 2.05) is 31.2 Å². The number of benzene rings is 2. The van der Waals surface area contributed by atoms with Crippen molar-refractivity contribution in [3.05, 3.63) is 82.8 Å². The van der Waals surface area contributed by atoms with Crippen molar-refractivity contribution >= 4 is 11.4 Å². The summed E-state index contributed by atoms with van der Waals surface area (Å²) < 4.78 is 14.5.